The van der Waals surface area contributed by atoms with Crippen LogP contribution < -0.4 is 4.74 Å². The Balaban J connectivity index is 1.71. The topological polar surface area (TPSA) is 66.9 Å². The van der Waals surface area contributed by atoms with Crippen LogP contribution >= 0.6 is 0 Å². The zero-order chi connectivity index (χ0) is 16.4. The van der Waals surface area contributed by atoms with Crippen molar-refractivity contribution in [3.05, 3.63) is 24.3 Å². The SMILES string of the molecule is CN1CCN(S(=O)(=O)c2ccc(OC3CCCC3)cc2)CC1=O. The lowest BCUT2D eigenvalue weighted by atomic mass is 10.3. The number of nitrogens with zero attached hydrogens (tertiary/aromatic N) is 2. The normalized spacial score (nSPS) is 20.9. The van der Waals surface area contributed by atoms with Gasteiger partial charge >= 0.3 is 0 Å². The lowest BCUT2D eigenvalue weighted by Gasteiger charge is -2.31. The van der Waals surface area contributed by atoms with E-state index in [4.69, 9.17) is 4.74 Å². The Morgan fingerprint density at radius 1 is 1.09 bits per heavy atom. The summed E-state index contributed by atoms with van der Waals surface area (Å²) >= 11 is 0. The van der Waals surface area contributed by atoms with E-state index in [1.165, 1.54) is 17.1 Å². The van der Waals surface area contributed by atoms with Crippen molar-refractivity contribution >= 4 is 15.9 Å². The number of carbonyl (C=O) groups excluding carboxylic acids is 1. The first-order valence-corrected chi connectivity index (χ1v) is 9.41. The van der Waals surface area contributed by atoms with Crippen molar-refractivity contribution in [2.24, 2.45) is 0 Å². The van der Waals surface area contributed by atoms with E-state index in [0.29, 0.717) is 18.8 Å². The maximum atomic E-state index is 12.6. The van der Waals surface area contributed by atoms with Crippen molar-refractivity contribution in [1.82, 2.24) is 9.21 Å². The zero-order valence-corrected chi connectivity index (χ0v) is 14.1. The quantitative estimate of drug-likeness (QED) is 0.834. The van der Waals surface area contributed by atoms with Crippen molar-refractivity contribution in [2.45, 2.75) is 36.7 Å². The Kier molecular flexibility index (Phi) is 4.59. The highest BCUT2D eigenvalue weighted by atomic mass is 32.2. The molecule has 126 valence electrons. The van der Waals surface area contributed by atoms with E-state index in [2.05, 4.69) is 0 Å². The van der Waals surface area contributed by atoms with E-state index in [1.807, 2.05) is 0 Å². The maximum absolute atomic E-state index is 12.6. The van der Waals surface area contributed by atoms with E-state index in [9.17, 15) is 13.2 Å². The van der Waals surface area contributed by atoms with Gasteiger partial charge in [-0.05, 0) is 49.9 Å². The fourth-order valence-corrected chi connectivity index (χ4v) is 4.36. The standard InChI is InChI=1S/C16H22N2O4S/c1-17-10-11-18(12-16(17)19)23(20,21)15-8-6-14(7-9-15)22-13-4-2-3-5-13/h6-9,13H,2-5,10-12H2,1H3. The molecule has 0 bridgehead atoms. The van der Waals surface area contributed by atoms with Crippen LogP contribution in [0.2, 0.25) is 0 Å². The number of carbonyl (C=O) groups is 1. The molecule has 3 rings (SSSR count). The number of amides is 1. The Bertz CT molecular complexity index is 666. The lowest BCUT2D eigenvalue weighted by molar-refractivity contribution is -0.132. The molecule has 0 radical (unpaired) electrons. The van der Waals surface area contributed by atoms with Crippen LogP contribution in [0, 0.1) is 0 Å². The molecule has 1 amide bonds. The Hall–Kier alpha value is -1.60. The maximum Gasteiger partial charge on any atom is 0.243 e. The van der Waals surface area contributed by atoms with Gasteiger partial charge in [0.15, 0.2) is 0 Å². The van der Waals surface area contributed by atoms with Crippen molar-refractivity contribution in [2.75, 3.05) is 26.7 Å². The summed E-state index contributed by atoms with van der Waals surface area (Å²) in [6.07, 6.45) is 4.74. The van der Waals surface area contributed by atoms with Crippen LogP contribution in [0.25, 0.3) is 0 Å². The van der Waals surface area contributed by atoms with Gasteiger partial charge in [-0.1, -0.05) is 0 Å². The van der Waals surface area contributed by atoms with E-state index in [1.54, 1.807) is 36.2 Å². The largest absolute Gasteiger partial charge is 0.490 e. The molecule has 6 nitrogen and oxygen atoms in total. The summed E-state index contributed by atoms with van der Waals surface area (Å²) in [7, 11) is -1.95. The number of rotatable bonds is 4. The average Bonchev–Trinajstić information content (AvgIpc) is 3.03. The van der Waals surface area contributed by atoms with E-state index in [-0.39, 0.29) is 23.5 Å². The van der Waals surface area contributed by atoms with Gasteiger partial charge in [-0.15, -0.1) is 0 Å². The second-order valence-electron chi connectivity index (χ2n) is 6.15. The van der Waals surface area contributed by atoms with Crippen LogP contribution in [-0.2, 0) is 14.8 Å². The Morgan fingerprint density at radius 3 is 2.35 bits per heavy atom. The van der Waals surface area contributed by atoms with Crippen LogP contribution in [0.5, 0.6) is 5.75 Å². The summed E-state index contributed by atoms with van der Waals surface area (Å²) in [5.74, 6) is 0.520. The third-order valence-corrected chi connectivity index (χ3v) is 6.35. The third-order valence-electron chi connectivity index (χ3n) is 4.49. The summed E-state index contributed by atoms with van der Waals surface area (Å²) in [6.45, 7) is 0.644. The van der Waals surface area contributed by atoms with E-state index in [0.717, 1.165) is 12.8 Å². The lowest BCUT2D eigenvalue weighted by Crippen LogP contribution is -2.50. The summed E-state index contributed by atoms with van der Waals surface area (Å²) in [4.78, 5) is 13.5. The molecule has 0 spiro atoms. The van der Waals surface area contributed by atoms with Crippen molar-refractivity contribution < 1.29 is 17.9 Å². The third kappa shape index (κ3) is 3.50. The van der Waals surface area contributed by atoms with Gasteiger partial charge < -0.3 is 9.64 Å². The molecule has 0 N–H and O–H groups in total. The highest BCUT2D eigenvalue weighted by Gasteiger charge is 2.31. The molecule has 1 heterocycles. The fraction of sp³-hybridized carbons (Fsp3) is 0.562. The number of ether oxygens (including phenoxy) is 1. The molecule has 7 heteroatoms. The van der Waals surface area contributed by atoms with Gasteiger partial charge in [0, 0.05) is 20.1 Å². The van der Waals surface area contributed by atoms with Gasteiger partial charge in [0.05, 0.1) is 17.5 Å². The first-order chi connectivity index (χ1) is 11.0. The van der Waals surface area contributed by atoms with Gasteiger partial charge in [0.1, 0.15) is 5.75 Å². The second-order valence-corrected chi connectivity index (χ2v) is 8.09. The van der Waals surface area contributed by atoms with Gasteiger partial charge in [-0.3, -0.25) is 4.79 Å². The first kappa shape index (κ1) is 16.3. The number of sulfonamides is 1. The van der Waals surface area contributed by atoms with E-state index >= 15 is 0 Å². The first-order valence-electron chi connectivity index (χ1n) is 7.97. The summed E-state index contributed by atoms with van der Waals surface area (Å²) in [5.41, 5.74) is 0. The number of piperazine rings is 1. The Morgan fingerprint density at radius 2 is 1.74 bits per heavy atom. The van der Waals surface area contributed by atoms with Crippen molar-refractivity contribution in [3.63, 3.8) is 0 Å². The molecule has 2 fully saturated rings. The van der Waals surface area contributed by atoms with Gasteiger partial charge in [-0.25, -0.2) is 8.42 Å². The summed E-state index contributed by atoms with van der Waals surface area (Å²) in [5, 5.41) is 0. The number of likely N-dealkylation sites (N-methyl/N-ethyl adjacent to an activating group) is 1. The number of hydrogen-bond acceptors (Lipinski definition) is 4. The monoisotopic (exact) mass is 338 g/mol. The molecular weight excluding hydrogens is 316 g/mol. The molecule has 1 aliphatic carbocycles. The Labute approximate surface area is 137 Å². The van der Waals surface area contributed by atoms with Gasteiger partial charge in [0.25, 0.3) is 0 Å². The number of benzene rings is 1. The molecule has 1 aromatic carbocycles. The van der Waals surface area contributed by atoms with Gasteiger partial charge in [-0.2, -0.15) is 4.31 Å². The molecule has 1 aromatic rings. The molecule has 1 saturated heterocycles. The average molecular weight is 338 g/mol. The van der Waals surface area contributed by atoms with Crippen LogP contribution in [0.1, 0.15) is 25.7 Å². The summed E-state index contributed by atoms with van der Waals surface area (Å²) in [6, 6.07) is 6.51. The minimum atomic E-state index is -3.63. The van der Waals surface area contributed by atoms with Crippen molar-refractivity contribution in [1.29, 1.82) is 0 Å². The highest BCUT2D eigenvalue weighted by molar-refractivity contribution is 7.89. The molecular formula is C16H22N2O4S. The fourth-order valence-electron chi connectivity index (χ4n) is 2.98. The minimum absolute atomic E-state index is 0.0981. The minimum Gasteiger partial charge on any atom is -0.490 e. The predicted octanol–water partition coefficient (Wildman–Crippen LogP) is 1.47. The molecule has 2 aliphatic rings. The second kappa shape index (κ2) is 6.49. The van der Waals surface area contributed by atoms with Crippen LogP contribution in [-0.4, -0.2) is 56.3 Å². The predicted molar refractivity (Wildman–Crippen MR) is 85.7 cm³/mol. The smallest absolute Gasteiger partial charge is 0.243 e. The summed E-state index contributed by atoms with van der Waals surface area (Å²) < 4.78 is 32.3. The van der Waals surface area contributed by atoms with Crippen LogP contribution in [0.15, 0.2) is 29.2 Å². The zero-order valence-electron chi connectivity index (χ0n) is 13.3. The van der Waals surface area contributed by atoms with Crippen LogP contribution in [0.4, 0.5) is 0 Å². The molecule has 1 aliphatic heterocycles. The molecule has 0 atom stereocenters. The van der Waals surface area contributed by atoms with Crippen molar-refractivity contribution in [3.8, 4) is 5.75 Å². The molecule has 1 saturated carbocycles. The molecule has 23 heavy (non-hydrogen) atoms. The van der Waals surface area contributed by atoms with E-state index < -0.39 is 10.0 Å². The molecule has 0 unspecified atom stereocenters. The van der Waals surface area contributed by atoms with Gasteiger partial charge in [0.2, 0.25) is 15.9 Å². The molecule has 0 aromatic heterocycles. The van der Waals surface area contributed by atoms with Crippen LogP contribution in [0.3, 0.4) is 0 Å². The highest BCUT2D eigenvalue weighted by Crippen LogP contribution is 2.26. The number of hydrogen-bond donors (Lipinski definition) is 0.